The molecule has 4 nitrogen and oxygen atoms in total. The summed E-state index contributed by atoms with van der Waals surface area (Å²) in [5, 5.41) is 3.10. The molecule has 0 aliphatic rings. The average molecular weight is 221 g/mol. The minimum atomic E-state index is -2.35. The molecule has 86 valence electrons. The first-order valence-corrected chi connectivity index (χ1v) is 7.15. The summed E-state index contributed by atoms with van der Waals surface area (Å²) in [7, 11) is 1.27. The van der Waals surface area contributed by atoms with Gasteiger partial charge in [0.05, 0.1) is 0 Å². The highest BCUT2D eigenvalue weighted by atomic mass is 28.4. The van der Waals surface area contributed by atoms with Gasteiger partial charge in [-0.05, 0) is 33.9 Å². The van der Waals surface area contributed by atoms with Crippen LogP contribution >= 0.6 is 0 Å². The third-order valence-electron chi connectivity index (χ3n) is 1.95. The molecule has 5 heteroatoms. The predicted molar refractivity (Wildman–Crippen MR) is 59.4 cm³/mol. The van der Waals surface area contributed by atoms with Crippen LogP contribution in [-0.4, -0.2) is 42.7 Å². The van der Waals surface area contributed by atoms with Gasteiger partial charge in [-0.15, -0.1) is 0 Å². The van der Waals surface area contributed by atoms with Gasteiger partial charge in [0.1, 0.15) is 0 Å². The van der Waals surface area contributed by atoms with Crippen LogP contribution in [0.2, 0.25) is 6.04 Å². The van der Waals surface area contributed by atoms with Crippen molar-refractivity contribution in [3.63, 3.8) is 0 Å². The van der Waals surface area contributed by atoms with Crippen molar-refractivity contribution in [3.8, 4) is 0 Å². The molecule has 0 radical (unpaired) electrons. The average Bonchev–Trinajstić information content (AvgIpc) is 2.19. The van der Waals surface area contributed by atoms with Crippen LogP contribution < -0.4 is 5.32 Å². The highest BCUT2D eigenvalue weighted by molar-refractivity contribution is 6.60. The summed E-state index contributed by atoms with van der Waals surface area (Å²) in [6, 6.07) is 0.881. The molecule has 0 aromatic carbocycles. The second-order valence-electron chi connectivity index (χ2n) is 2.96. The maximum atomic E-state index is 5.63. The van der Waals surface area contributed by atoms with Gasteiger partial charge >= 0.3 is 8.80 Å². The lowest BCUT2D eigenvalue weighted by Crippen LogP contribution is -2.45. The maximum absolute atomic E-state index is 5.63. The van der Waals surface area contributed by atoms with Gasteiger partial charge in [-0.1, -0.05) is 0 Å². The number of hydrogen-bond donors (Lipinski definition) is 1. The zero-order valence-corrected chi connectivity index (χ0v) is 10.8. The molecule has 0 bridgehead atoms. The van der Waals surface area contributed by atoms with Crippen molar-refractivity contribution in [2.24, 2.45) is 0 Å². The number of hydrogen-bond acceptors (Lipinski definition) is 4. The lowest BCUT2D eigenvalue weighted by Gasteiger charge is -2.27. The Kier molecular flexibility index (Phi) is 8.41. The molecule has 0 aromatic rings. The quantitative estimate of drug-likeness (QED) is 0.470. The van der Waals surface area contributed by atoms with Gasteiger partial charge in [-0.25, -0.2) is 0 Å². The van der Waals surface area contributed by atoms with E-state index in [-0.39, 0.29) is 0 Å². The standard InChI is InChI=1S/C9H23NO3Si/c1-5-12-14(11-4,13-6-2)9-7-8-10-3/h10H,5-9H2,1-4H3. The van der Waals surface area contributed by atoms with Crippen molar-refractivity contribution >= 4 is 8.80 Å². The molecule has 1 N–H and O–H groups in total. The Morgan fingerprint density at radius 2 is 1.71 bits per heavy atom. The minimum absolute atomic E-state index is 0.652. The molecule has 0 saturated carbocycles. The van der Waals surface area contributed by atoms with Crippen molar-refractivity contribution in [3.05, 3.63) is 0 Å². The van der Waals surface area contributed by atoms with E-state index >= 15 is 0 Å². The molecule has 0 atom stereocenters. The lowest BCUT2D eigenvalue weighted by atomic mass is 10.5. The maximum Gasteiger partial charge on any atom is 0.500 e. The Morgan fingerprint density at radius 1 is 1.14 bits per heavy atom. The molecular weight excluding hydrogens is 198 g/mol. The van der Waals surface area contributed by atoms with Gasteiger partial charge in [0.15, 0.2) is 0 Å². The van der Waals surface area contributed by atoms with Crippen molar-refractivity contribution in [2.45, 2.75) is 26.3 Å². The lowest BCUT2D eigenvalue weighted by molar-refractivity contribution is 0.0862. The first-order chi connectivity index (χ1) is 6.74. The summed E-state index contributed by atoms with van der Waals surface area (Å²) >= 11 is 0. The van der Waals surface area contributed by atoms with Crippen LogP contribution in [0.5, 0.6) is 0 Å². The van der Waals surface area contributed by atoms with Crippen LogP contribution in [0.4, 0.5) is 0 Å². The molecule has 0 aliphatic heterocycles. The van der Waals surface area contributed by atoms with Gasteiger partial charge in [-0.2, -0.15) is 0 Å². The van der Waals surface area contributed by atoms with E-state index < -0.39 is 8.80 Å². The number of rotatable bonds is 9. The normalized spacial score (nSPS) is 12.0. The van der Waals surface area contributed by atoms with E-state index in [1.165, 1.54) is 0 Å². The summed E-state index contributed by atoms with van der Waals surface area (Å²) < 4.78 is 16.7. The Bertz CT molecular complexity index is 129. The summed E-state index contributed by atoms with van der Waals surface area (Å²) in [5.74, 6) is 0. The highest BCUT2D eigenvalue weighted by Gasteiger charge is 2.38. The zero-order valence-electron chi connectivity index (χ0n) is 9.76. The Labute approximate surface area is 88.3 Å². The van der Waals surface area contributed by atoms with E-state index in [1.54, 1.807) is 7.11 Å². The second-order valence-corrected chi connectivity index (χ2v) is 5.81. The first kappa shape index (κ1) is 14.1. The fourth-order valence-corrected chi connectivity index (χ4v) is 3.63. The second kappa shape index (κ2) is 8.37. The van der Waals surface area contributed by atoms with Crippen LogP contribution in [0, 0.1) is 0 Å². The first-order valence-electron chi connectivity index (χ1n) is 5.22. The minimum Gasteiger partial charge on any atom is -0.377 e. The molecule has 14 heavy (non-hydrogen) atoms. The van der Waals surface area contributed by atoms with Gasteiger partial charge in [0.2, 0.25) is 0 Å². The third kappa shape index (κ3) is 5.07. The third-order valence-corrected chi connectivity index (χ3v) is 4.99. The van der Waals surface area contributed by atoms with Gasteiger partial charge in [-0.3, -0.25) is 0 Å². The predicted octanol–water partition coefficient (Wildman–Crippen LogP) is 1.25. The van der Waals surface area contributed by atoms with E-state index in [1.807, 2.05) is 20.9 Å². The fraction of sp³-hybridized carbons (Fsp3) is 1.00. The van der Waals surface area contributed by atoms with Crippen molar-refractivity contribution in [1.29, 1.82) is 0 Å². The molecule has 0 fully saturated rings. The smallest absolute Gasteiger partial charge is 0.377 e. The summed E-state index contributed by atoms with van der Waals surface area (Å²) in [6.07, 6.45) is 1.02. The summed E-state index contributed by atoms with van der Waals surface area (Å²) in [6.45, 7) is 6.22. The molecule has 0 rings (SSSR count). The Hall–Kier alpha value is 0.0569. The molecule has 0 spiro atoms. The van der Waals surface area contributed by atoms with E-state index in [4.69, 9.17) is 13.3 Å². The molecular formula is C9H23NO3Si. The van der Waals surface area contributed by atoms with Crippen LogP contribution in [0.25, 0.3) is 0 Å². The molecule has 0 aromatic heterocycles. The van der Waals surface area contributed by atoms with E-state index in [0.29, 0.717) is 13.2 Å². The molecule has 0 amide bonds. The van der Waals surface area contributed by atoms with Crippen LogP contribution in [0.3, 0.4) is 0 Å². The van der Waals surface area contributed by atoms with Crippen molar-refractivity contribution in [1.82, 2.24) is 5.32 Å². The molecule has 0 saturated heterocycles. The van der Waals surface area contributed by atoms with Gasteiger partial charge in [0, 0.05) is 26.4 Å². The summed E-state index contributed by atoms with van der Waals surface area (Å²) in [5.41, 5.74) is 0. The Morgan fingerprint density at radius 3 is 2.07 bits per heavy atom. The number of nitrogens with one attached hydrogen (secondary N) is 1. The van der Waals surface area contributed by atoms with Crippen LogP contribution in [0.15, 0.2) is 0 Å². The summed E-state index contributed by atoms with van der Waals surface area (Å²) in [4.78, 5) is 0. The van der Waals surface area contributed by atoms with E-state index in [9.17, 15) is 0 Å². The van der Waals surface area contributed by atoms with Crippen LogP contribution in [0.1, 0.15) is 20.3 Å². The van der Waals surface area contributed by atoms with Crippen molar-refractivity contribution in [2.75, 3.05) is 33.9 Å². The molecule has 0 heterocycles. The molecule has 0 aliphatic carbocycles. The van der Waals surface area contributed by atoms with E-state index in [0.717, 1.165) is 19.0 Å². The topological polar surface area (TPSA) is 39.7 Å². The largest absolute Gasteiger partial charge is 0.500 e. The molecule has 0 unspecified atom stereocenters. The van der Waals surface area contributed by atoms with Gasteiger partial charge in [0.25, 0.3) is 0 Å². The fourth-order valence-electron chi connectivity index (χ4n) is 1.33. The SMILES string of the molecule is CCO[Si](CCCNC)(OC)OCC. The van der Waals surface area contributed by atoms with E-state index in [2.05, 4.69) is 5.32 Å². The van der Waals surface area contributed by atoms with Gasteiger partial charge < -0.3 is 18.6 Å². The Balaban J connectivity index is 4.03. The monoisotopic (exact) mass is 221 g/mol. The van der Waals surface area contributed by atoms with Crippen molar-refractivity contribution < 1.29 is 13.3 Å². The van der Waals surface area contributed by atoms with Crippen LogP contribution in [-0.2, 0) is 13.3 Å². The zero-order chi connectivity index (χ0) is 10.9. The highest BCUT2D eigenvalue weighted by Crippen LogP contribution is 2.16.